The minimum atomic E-state index is 0.585. The molecule has 1 rings (SSSR count). The van der Waals surface area contributed by atoms with Crippen molar-refractivity contribution in [2.45, 2.75) is 46.7 Å². The van der Waals surface area contributed by atoms with Gasteiger partial charge in [0.2, 0.25) is 0 Å². The zero-order valence-electron chi connectivity index (χ0n) is 11.6. The largest absolute Gasteiger partial charge is 0.313 e. The summed E-state index contributed by atoms with van der Waals surface area (Å²) in [4.78, 5) is 5.49. The summed E-state index contributed by atoms with van der Waals surface area (Å²) >= 11 is 1.95. The quantitative estimate of drug-likeness (QED) is 0.767. The lowest BCUT2D eigenvalue weighted by Gasteiger charge is -2.20. The van der Waals surface area contributed by atoms with Crippen molar-refractivity contribution in [2.24, 2.45) is 0 Å². The van der Waals surface area contributed by atoms with E-state index in [1.807, 2.05) is 11.3 Å². The Kier molecular flexibility index (Phi) is 6.78. The van der Waals surface area contributed by atoms with Gasteiger partial charge in [-0.2, -0.15) is 0 Å². The molecule has 0 aliphatic carbocycles. The maximum Gasteiger partial charge on any atom is 0.0328 e. The zero-order valence-corrected chi connectivity index (χ0v) is 12.4. The number of thiophene rings is 1. The second kappa shape index (κ2) is 7.85. The van der Waals surface area contributed by atoms with Crippen LogP contribution < -0.4 is 5.32 Å². The number of rotatable bonds is 8. The van der Waals surface area contributed by atoms with E-state index in [1.54, 1.807) is 0 Å². The number of hydrogen-bond donors (Lipinski definition) is 1. The summed E-state index contributed by atoms with van der Waals surface area (Å²) in [5, 5.41) is 3.47. The molecule has 1 aromatic rings. The lowest BCUT2D eigenvalue weighted by molar-refractivity contribution is 0.278. The van der Waals surface area contributed by atoms with Gasteiger partial charge in [-0.05, 0) is 25.1 Å². The second-order valence-electron chi connectivity index (χ2n) is 4.70. The molecule has 0 radical (unpaired) electrons. The summed E-state index contributed by atoms with van der Waals surface area (Å²) in [6, 6.07) is 5.13. The molecule has 0 saturated carbocycles. The molecular weight excluding hydrogens is 228 g/mol. The van der Waals surface area contributed by atoms with E-state index in [0.717, 1.165) is 32.6 Å². The minimum absolute atomic E-state index is 0.585. The molecule has 3 heteroatoms. The summed E-state index contributed by atoms with van der Waals surface area (Å²) < 4.78 is 0. The Hall–Kier alpha value is -0.380. The summed E-state index contributed by atoms with van der Waals surface area (Å²) in [7, 11) is 0. The first kappa shape index (κ1) is 14.7. The molecule has 0 aliphatic heterocycles. The van der Waals surface area contributed by atoms with Crippen molar-refractivity contribution in [3.05, 3.63) is 21.9 Å². The molecule has 0 spiro atoms. The number of likely N-dealkylation sites (N-methyl/N-ethyl adjacent to an activating group) is 1. The molecule has 0 fully saturated rings. The number of nitrogens with zero attached hydrogens (tertiary/aromatic N) is 1. The number of nitrogens with one attached hydrogen (secondary N) is 1. The van der Waals surface area contributed by atoms with Gasteiger partial charge in [0.25, 0.3) is 0 Å². The van der Waals surface area contributed by atoms with Crippen LogP contribution in [0.2, 0.25) is 0 Å². The van der Waals surface area contributed by atoms with Crippen molar-refractivity contribution < 1.29 is 0 Å². The Balaban J connectivity index is 2.35. The highest BCUT2D eigenvalue weighted by molar-refractivity contribution is 7.11. The van der Waals surface area contributed by atoms with Crippen LogP contribution in [-0.2, 0) is 13.0 Å². The van der Waals surface area contributed by atoms with Crippen LogP contribution in [0.3, 0.4) is 0 Å². The molecule has 0 aliphatic rings. The van der Waals surface area contributed by atoms with Gasteiger partial charge in [0.15, 0.2) is 0 Å². The maximum atomic E-state index is 3.47. The highest BCUT2D eigenvalue weighted by atomic mass is 32.1. The van der Waals surface area contributed by atoms with E-state index >= 15 is 0 Å². The Bertz CT molecular complexity index is 307. The van der Waals surface area contributed by atoms with Crippen molar-refractivity contribution in [2.75, 3.05) is 19.6 Å². The van der Waals surface area contributed by atoms with Crippen molar-refractivity contribution in [1.82, 2.24) is 10.2 Å². The van der Waals surface area contributed by atoms with Crippen molar-refractivity contribution in [3.8, 4) is 0 Å². The first-order valence-corrected chi connectivity index (χ1v) is 7.50. The Labute approximate surface area is 110 Å². The molecule has 2 nitrogen and oxygen atoms in total. The Morgan fingerprint density at radius 2 is 1.94 bits per heavy atom. The van der Waals surface area contributed by atoms with Gasteiger partial charge < -0.3 is 5.32 Å². The van der Waals surface area contributed by atoms with E-state index in [1.165, 1.54) is 9.75 Å². The van der Waals surface area contributed by atoms with Crippen LogP contribution in [0.4, 0.5) is 0 Å². The monoisotopic (exact) mass is 254 g/mol. The topological polar surface area (TPSA) is 15.3 Å². The average molecular weight is 254 g/mol. The second-order valence-corrected chi connectivity index (χ2v) is 5.95. The predicted octanol–water partition coefficient (Wildman–Crippen LogP) is 3.13. The molecule has 1 heterocycles. The van der Waals surface area contributed by atoms with Gasteiger partial charge in [0.05, 0.1) is 0 Å². The summed E-state index contributed by atoms with van der Waals surface area (Å²) in [5.41, 5.74) is 0. The van der Waals surface area contributed by atoms with Crippen LogP contribution in [0, 0.1) is 0 Å². The smallest absolute Gasteiger partial charge is 0.0328 e. The van der Waals surface area contributed by atoms with Gasteiger partial charge in [-0.3, -0.25) is 4.90 Å². The lowest BCUT2D eigenvalue weighted by Crippen LogP contribution is -2.34. The minimum Gasteiger partial charge on any atom is -0.313 e. The van der Waals surface area contributed by atoms with Crippen LogP contribution >= 0.6 is 11.3 Å². The van der Waals surface area contributed by atoms with Gasteiger partial charge in [0, 0.05) is 35.4 Å². The van der Waals surface area contributed by atoms with Gasteiger partial charge in [-0.15, -0.1) is 11.3 Å². The number of hydrogen-bond acceptors (Lipinski definition) is 3. The fourth-order valence-corrected chi connectivity index (χ4v) is 2.78. The van der Waals surface area contributed by atoms with Crippen molar-refractivity contribution in [3.63, 3.8) is 0 Å². The standard InChI is InChI=1S/C14H26N2S/c1-5-13-7-8-14(17-13)11-16(6-2)10-9-15-12(3)4/h7-8,12,15H,5-6,9-11H2,1-4H3. The highest BCUT2D eigenvalue weighted by Gasteiger charge is 2.06. The van der Waals surface area contributed by atoms with E-state index in [9.17, 15) is 0 Å². The van der Waals surface area contributed by atoms with Crippen LogP contribution in [0.25, 0.3) is 0 Å². The molecule has 0 bridgehead atoms. The van der Waals surface area contributed by atoms with Crippen LogP contribution in [0.15, 0.2) is 12.1 Å². The normalized spacial score (nSPS) is 11.6. The van der Waals surface area contributed by atoms with Crippen LogP contribution in [0.1, 0.15) is 37.4 Å². The van der Waals surface area contributed by atoms with Gasteiger partial charge in [-0.1, -0.05) is 27.7 Å². The summed E-state index contributed by atoms with van der Waals surface area (Å²) in [5.74, 6) is 0. The maximum absolute atomic E-state index is 3.47. The molecule has 98 valence electrons. The number of aryl methyl sites for hydroxylation is 1. The SMILES string of the molecule is CCc1ccc(CN(CC)CCNC(C)C)s1. The third-order valence-electron chi connectivity index (χ3n) is 2.87. The van der Waals surface area contributed by atoms with Crippen LogP contribution in [-0.4, -0.2) is 30.6 Å². The van der Waals surface area contributed by atoms with Gasteiger partial charge in [-0.25, -0.2) is 0 Å². The molecule has 0 unspecified atom stereocenters. The van der Waals surface area contributed by atoms with E-state index in [4.69, 9.17) is 0 Å². The first-order valence-electron chi connectivity index (χ1n) is 6.69. The molecule has 1 aromatic heterocycles. The molecule has 0 saturated heterocycles. The first-order chi connectivity index (χ1) is 8.15. The van der Waals surface area contributed by atoms with E-state index < -0.39 is 0 Å². The van der Waals surface area contributed by atoms with E-state index in [0.29, 0.717) is 6.04 Å². The van der Waals surface area contributed by atoms with E-state index in [-0.39, 0.29) is 0 Å². The van der Waals surface area contributed by atoms with Gasteiger partial charge >= 0.3 is 0 Å². The van der Waals surface area contributed by atoms with Crippen molar-refractivity contribution >= 4 is 11.3 Å². The van der Waals surface area contributed by atoms with Crippen molar-refractivity contribution in [1.29, 1.82) is 0 Å². The fourth-order valence-electron chi connectivity index (χ4n) is 1.78. The Morgan fingerprint density at radius 3 is 2.47 bits per heavy atom. The lowest BCUT2D eigenvalue weighted by atomic mass is 10.3. The summed E-state index contributed by atoms with van der Waals surface area (Å²) in [6.45, 7) is 13.3. The predicted molar refractivity (Wildman–Crippen MR) is 77.8 cm³/mol. The molecule has 0 amide bonds. The van der Waals surface area contributed by atoms with Crippen LogP contribution in [0.5, 0.6) is 0 Å². The third-order valence-corrected chi connectivity index (χ3v) is 4.09. The summed E-state index contributed by atoms with van der Waals surface area (Å²) in [6.07, 6.45) is 1.16. The molecular formula is C14H26N2S. The Morgan fingerprint density at radius 1 is 1.24 bits per heavy atom. The molecule has 17 heavy (non-hydrogen) atoms. The fraction of sp³-hybridized carbons (Fsp3) is 0.714. The molecule has 1 N–H and O–H groups in total. The molecule has 0 aromatic carbocycles. The third kappa shape index (κ3) is 5.66. The molecule has 0 atom stereocenters. The zero-order chi connectivity index (χ0) is 12.7. The highest BCUT2D eigenvalue weighted by Crippen LogP contribution is 2.18. The average Bonchev–Trinajstić information content (AvgIpc) is 2.75. The van der Waals surface area contributed by atoms with Gasteiger partial charge in [0.1, 0.15) is 0 Å². The van der Waals surface area contributed by atoms with E-state index in [2.05, 4.69) is 50.0 Å².